The van der Waals surface area contributed by atoms with E-state index in [1.807, 2.05) is 7.05 Å². The van der Waals surface area contributed by atoms with Crippen molar-refractivity contribution < 1.29 is 4.79 Å². The van der Waals surface area contributed by atoms with Crippen molar-refractivity contribution in [1.82, 2.24) is 14.9 Å². The van der Waals surface area contributed by atoms with Crippen LogP contribution in [0.3, 0.4) is 0 Å². The average molecular weight is 370 g/mol. The van der Waals surface area contributed by atoms with Crippen LogP contribution in [0, 0.1) is 0 Å². The number of hydrogen-bond acceptors (Lipinski definition) is 4. The zero-order chi connectivity index (χ0) is 16.6. The minimum Gasteiger partial charge on any atom is -0.332 e. The van der Waals surface area contributed by atoms with Crippen LogP contribution in [0.25, 0.3) is 0 Å². The van der Waals surface area contributed by atoms with Crippen molar-refractivity contribution in [1.29, 1.82) is 0 Å². The van der Waals surface area contributed by atoms with Crippen molar-refractivity contribution in [3.63, 3.8) is 0 Å². The van der Waals surface area contributed by atoms with Crippen LogP contribution in [-0.4, -0.2) is 27.8 Å². The van der Waals surface area contributed by atoms with Gasteiger partial charge in [-0.25, -0.2) is 9.97 Å². The van der Waals surface area contributed by atoms with Gasteiger partial charge in [0.2, 0.25) is 0 Å². The van der Waals surface area contributed by atoms with Gasteiger partial charge in [-0.3, -0.25) is 4.79 Å². The van der Waals surface area contributed by atoms with Crippen LogP contribution in [0.4, 0.5) is 0 Å². The Labute approximate surface area is 149 Å². The van der Waals surface area contributed by atoms with Gasteiger partial charge >= 0.3 is 0 Å². The molecule has 0 radical (unpaired) electrons. The third-order valence-corrected chi connectivity index (χ3v) is 5.79. The van der Waals surface area contributed by atoms with E-state index in [4.69, 9.17) is 23.2 Å². The second-order valence-electron chi connectivity index (χ2n) is 5.59. The molecule has 2 aromatic rings. The lowest BCUT2D eigenvalue weighted by atomic mass is 9.97. The normalized spacial score (nSPS) is 17.0. The van der Waals surface area contributed by atoms with Crippen molar-refractivity contribution in [3.05, 3.63) is 43.6 Å². The Morgan fingerprint density at radius 2 is 2.17 bits per heavy atom. The number of thiazole rings is 1. The molecule has 23 heavy (non-hydrogen) atoms. The van der Waals surface area contributed by atoms with Gasteiger partial charge in [-0.1, -0.05) is 30.1 Å². The smallest absolute Gasteiger partial charge is 0.272 e. The first kappa shape index (κ1) is 16.7. The van der Waals surface area contributed by atoms with E-state index in [1.54, 1.807) is 22.3 Å². The van der Waals surface area contributed by atoms with Gasteiger partial charge in [-0.05, 0) is 37.8 Å². The highest BCUT2D eigenvalue weighted by atomic mass is 35.5. The molecule has 1 atom stereocenters. The molecule has 0 saturated heterocycles. The van der Waals surface area contributed by atoms with E-state index in [-0.39, 0.29) is 22.8 Å². The molecule has 1 aliphatic rings. The van der Waals surface area contributed by atoms with Crippen molar-refractivity contribution in [2.75, 3.05) is 7.05 Å². The van der Waals surface area contributed by atoms with Crippen molar-refractivity contribution in [2.45, 2.75) is 38.6 Å². The van der Waals surface area contributed by atoms with E-state index in [1.165, 1.54) is 10.9 Å². The molecule has 0 bridgehead atoms. The Balaban J connectivity index is 1.90. The van der Waals surface area contributed by atoms with Crippen LogP contribution in [-0.2, 0) is 12.8 Å². The highest BCUT2D eigenvalue weighted by Crippen LogP contribution is 2.38. The zero-order valence-corrected chi connectivity index (χ0v) is 15.3. The lowest BCUT2D eigenvalue weighted by Crippen LogP contribution is -2.33. The fourth-order valence-corrected chi connectivity index (χ4v) is 4.57. The van der Waals surface area contributed by atoms with E-state index in [0.717, 1.165) is 36.4 Å². The molecule has 7 heteroatoms. The highest BCUT2D eigenvalue weighted by Gasteiger charge is 2.30. The largest absolute Gasteiger partial charge is 0.332 e. The number of fused-ring (bicyclic) bond motifs is 1. The summed E-state index contributed by atoms with van der Waals surface area (Å²) in [6.07, 6.45) is 3.89. The third kappa shape index (κ3) is 3.37. The number of carbonyl (C=O) groups excluding carboxylic acids is 1. The standard InChI is InChI=1S/C16H17Cl2N3OS/c1-3-14-20-10-5-4-6-12(15(10)23-14)21(2)16(22)11-7-9(17)8-13(18)19-11/h7-8,12H,3-6H2,1-2H3/t12-/m0/s1. The lowest BCUT2D eigenvalue weighted by molar-refractivity contribution is 0.0712. The second kappa shape index (κ2) is 6.75. The Kier molecular flexibility index (Phi) is 4.90. The quantitative estimate of drug-likeness (QED) is 0.745. The molecular formula is C16H17Cl2N3OS. The van der Waals surface area contributed by atoms with Crippen LogP contribution in [0.2, 0.25) is 10.2 Å². The first-order valence-corrected chi connectivity index (χ1v) is 9.15. The van der Waals surface area contributed by atoms with E-state index in [9.17, 15) is 4.79 Å². The summed E-state index contributed by atoms with van der Waals surface area (Å²) in [6, 6.07) is 3.12. The SMILES string of the molecule is CCc1nc2c(s1)[C@@H](N(C)C(=O)c1cc(Cl)cc(Cl)n1)CCC2. The number of rotatable bonds is 3. The van der Waals surface area contributed by atoms with Gasteiger partial charge in [0.15, 0.2) is 0 Å². The van der Waals surface area contributed by atoms with Crippen molar-refractivity contribution >= 4 is 40.4 Å². The number of nitrogens with zero attached hydrogens (tertiary/aromatic N) is 3. The summed E-state index contributed by atoms with van der Waals surface area (Å²) in [5, 5.41) is 1.77. The summed E-state index contributed by atoms with van der Waals surface area (Å²) >= 11 is 13.6. The van der Waals surface area contributed by atoms with Gasteiger partial charge in [-0.15, -0.1) is 11.3 Å². The molecule has 0 saturated carbocycles. The van der Waals surface area contributed by atoms with Gasteiger partial charge in [0.1, 0.15) is 10.8 Å². The summed E-state index contributed by atoms with van der Waals surface area (Å²) < 4.78 is 0. The molecule has 122 valence electrons. The first-order valence-electron chi connectivity index (χ1n) is 7.58. The van der Waals surface area contributed by atoms with E-state index in [2.05, 4.69) is 16.9 Å². The number of halogens is 2. The maximum Gasteiger partial charge on any atom is 0.272 e. The fraction of sp³-hybridized carbons (Fsp3) is 0.438. The molecule has 0 unspecified atom stereocenters. The Morgan fingerprint density at radius 3 is 2.87 bits per heavy atom. The fourth-order valence-electron chi connectivity index (χ4n) is 2.87. The average Bonchev–Trinajstić information content (AvgIpc) is 2.95. The predicted octanol–water partition coefficient (Wildman–Crippen LogP) is 4.56. The highest BCUT2D eigenvalue weighted by molar-refractivity contribution is 7.11. The Hall–Kier alpha value is -1.17. The molecule has 0 spiro atoms. The number of aryl methyl sites for hydroxylation is 2. The van der Waals surface area contributed by atoms with Crippen LogP contribution in [0.1, 0.15) is 51.9 Å². The van der Waals surface area contributed by atoms with Gasteiger partial charge < -0.3 is 4.90 Å². The monoisotopic (exact) mass is 369 g/mol. The molecule has 1 amide bonds. The molecule has 0 N–H and O–H groups in total. The van der Waals surface area contributed by atoms with E-state index >= 15 is 0 Å². The van der Waals surface area contributed by atoms with Gasteiger partial charge in [0.25, 0.3) is 5.91 Å². The minimum atomic E-state index is -0.168. The molecule has 2 aromatic heterocycles. The lowest BCUT2D eigenvalue weighted by Gasteiger charge is -2.30. The second-order valence-corrected chi connectivity index (χ2v) is 7.53. The number of pyridine rings is 1. The number of hydrogen-bond donors (Lipinski definition) is 0. The third-order valence-electron chi connectivity index (χ3n) is 4.03. The van der Waals surface area contributed by atoms with Crippen LogP contribution >= 0.6 is 34.5 Å². The van der Waals surface area contributed by atoms with Crippen LogP contribution < -0.4 is 0 Å². The van der Waals surface area contributed by atoms with E-state index < -0.39 is 0 Å². The first-order chi connectivity index (χ1) is 11.0. The predicted molar refractivity (Wildman–Crippen MR) is 93.5 cm³/mol. The molecule has 0 fully saturated rings. The van der Waals surface area contributed by atoms with Gasteiger partial charge in [0.05, 0.1) is 21.6 Å². The van der Waals surface area contributed by atoms with Gasteiger partial charge in [0, 0.05) is 12.1 Å². The Bertz CT molecular complexity index is 727. The maximum atomic E-state index is 12.8. The summed E-state index contributed by atoms with van der Waals surface area (Å²) in [6.45, 7) is 2.10. The number of aromatic nitrogens is 2. The molecule has 2 heterocycles. The zero-order valence-electron chi connectivity index (χ0n) is 13.0. The molecule has 4 nitrogen and oxygen atoms in total. The van der Waals surface area contributed by atoms with Crippen LogP contribution in [0.5, 0.6) is 0 Å². The maximum absolute atomic E-state index is 12.8. The number of amides is 1. The minimum absolute atomic E-state index is 0.0450. The molecule has 0 aromatic carbocycles. The molecule has 3 rings (SSSR count). The van der Waals surface area contributed by atoms with Crippen molar-refractivity contribution in [3.8, 4) is 0 Å². The summed E-state index contributed by atoms with van der Waals surface area (Å²) in [5.41, 5.74) is 1.41. The molecular weight excluding hydrogens is 353 g/mol. The summed E-state index contributed by atoms with van der Waals surface area (Å²) in [7, 11) is 1.81. The molecule has 0 aliphatic heterocycles. The van der Waals surface area contributed by atoms with Crippen LogP contribution in [0.15, 0.2) is 12.1 Å². The van der Waals surface area contributed by atoms with E-state index in [0.29, 0.717) is 5.02 Å². The molecule has 1 aliphatic carbocycles. The summed E-state index contributed by atoms with van der Waals surface area (Å²) in [5.74, 6) is -0.168. The summed E-state index contributed by atoms with van der Waals surface area (Å²) in [4.78, 5) is 24.5. The topological polar surface area (TPSA) is 46.1 Å². The Morgan fingerprint density at radius 1 is 1.39 bits per heavy atom. The van der Waals surface area contributed by atoms with Gasteiger partial charge in [-0.2, -0.15) is 0 Å². The number of carbonyl (C=O) groups is 1. The van der Waals surface area contributed by atoms with Crippen molar-refractivity contribution in [2.24, 2.45) is 0 Å².